The van der Waals surface area contributed by atoms with E-state index in [9.17, 15) is 14.3 Å². The number of amides is 1. The fourth-order valence-electron chi connectivity index (χ4n) is 1.67. The van der Waals surface area contributed by atoms with Gasteiger partial charge < -0.3 is 15.2 Å². The minimum Gasteiger partial charge on any atom is -0.507 e. The van der Waals surface area contributed by atoms with E-state index in [1.807, 2.05) is 0 Å². The van der Waals surface area contributed by atoms with Crippen molar-refractivity contribution in [3.63, 3.8) is 0 Å². The Labute approximate surface area is 133 Å². The summed E-state index contributed by atoms with van der Waals surface area (Å²) in [6.45, 7) is 0. The number of benzene rings is 2. The van der Waals surface area contributed by atoms with E-state index in [4.69, 9.17) is 16.3 Å². The first-order valence-corrected chi connectivity index (χ1v) is 6.92. The van der Waals surface area contributed by atoms with Gasteiger partial charge in [0.2, 0.25) is 0 Å². The number of methoxy groups -OCH3 is 1. The van der Waals surface area contributed by atoms with Gasteiger partial charge in [0.05, 0.1) is 23.4 Å². The first-order valence-electron chi connectivity index (χ1n) is 5.75. The summed E-state index contributed by atoms with van der Waals surface area (Å²) < 4.78 is 18.4. The van der Waals surface area contributed by atoms with Crippen molar-refractivity contribution in [2.24, 2.45) is 0 Å². The van der Waals surface area contributed by atoms with Gasteiger partial charge in [-0.25, -0.2) is 4.39 Å². The number of aromatic hydroxyl groups is 1. The van der Waals surface area contributed by atoms with Crippen molar-refractivity contribution in [3.05, 3.63) is 51.2 Å². The van der Waals surface area contributed by atoms with Crippen LogP contribution >= 0.6 is 27.5 Å². The molecule has 0 aliphatic heterocycles. The van der Waals surface area contributed by atoms with Crippen LogP contribution in [0.4, 0.5) is 10.1 Å². The van der Waals surface area contributed by atoms with Crippen LogP contribution < -0.4 is 10.1 Å². The Balaban J connectivity index is 2.30. The van der Waals surface area contributed by atoms with Gasteiger partial charge in [-0.05, 0) is 40.2 Å². The van der Waals surface area contributed by atoms with Crippen LogP contribution in [0.3, 0.4) is 0 Å². The van der Waals surface area contributed by atoms with Crippen LogP contribution in [-0.2, 0) is 0 Å². The average Bonchev–Trinajstić information content (AvgIpc) is 2.42. The van der Waals surface area contributed by atoms with Crippen LogP contribution in [0, 0.1) is 5.82 Å². The maximum atomic E-state index is 13.1. The molecule has 110 valence electrons. The molecule has 0 bridgehead atoms. The smallest absolute Gasteiger partial charge is 0.259 e. The largest absolute Gasteiger partial charge is 0.507 e. The average molecular weight is 375 g/mol. The highest BCUT2D eigenvalue weighted by molar-refractivity contribution is 9.10. The normalized spacial score (nSPS) is 10.3. The van der Waals surface area contributed by atoms with Crippen molar-refractivity contribution in [2.45, 2.75) is 0 Å². The van der Waals surface area contributed by atoms with Crippen LogP contribution in [0.5, 0.6) is 11.5 Å². The van der Waals surface area contributed by atoms with Crippen LogP contribution in [0.25, 0.3) is 0 Å². The van der Waals surface area contributed by atoms with Gasteiger partial charge >= 0.3 is 0 Å². The summed E-state index contributed by atoms with van der Waals surface area (Å²) in [4.78, 5) is 12.1. The number of hydrogen-bond donors (Lipinski definition) is 2. The van der Waals surface area contributed by atoms with Crippen molar-refractivity contribution in [1.82, 2.24) is 0 Å². The number of carbonyl (C=O) groups excluding carboxylic acids is 1. The van der Waals surface area contributed by atoms with Crippen molar-refractivity contribution < 1.29 is 19.0 Å². The first kappa shape index (κ1) is 15.6. The minimum absolute atomic E-state index is 0.0445. The van der Waals surface area contributed by atoms with Gasteiger partial charge in [-0.2, -0.15) is 0 Å². The lowest BCUT2D eigenvalue weighted by atomic mass is 10.1. The van der Waals surface area contributed by atoms with Crippen LogP contribution in [0.1, 0.15) is 10.4 Å². The second kappa shape index (κ2) is 6.32. The molecule has 0 fully saturated rings. The van der Waals surface area contributed by atoms with Crippen LogP contribution in [0.2, 0.25) is 5.02 Å². The molecule has 2 aromatic carbocycles. The van der Waals surface area contributed by atoms with Crippen molar-refractivity contribution >= 4 is 39.1 Å². The van der Waals surface area contributed by atoms with Crippen molar-refractivity contribution in [2.75, 3.05) is 12.4 Å². The third kappa shape index (κ3) is 3.46. The molecule has 0 radical (unpaired) electrons. The minimum atomic E-state index is -0.579. The molecular formula is C14H10BrClFNO3. The van der Waals surface area contributed by atoms with E-state index in [1.54, 1.807) is 0 Å². The molecule has 4 nitrogen and oxygen atoms in total. The molecule has 0 aliphatic carbocycles. The molecule has 0 aromatic heterocycles. The fourth-order valence-corrected chi connectivity index (χ4v) is 2.57. The third-order valence-electron chi connectivity index (χ3n) is 2.69. The summed E-state index contributed by atoms with van der Waals surface area (Å²) in [5.41, 5.74) is 0.265. The van der Waals surface area contributed by atoms with Crippen molar-refractivity contribution in [1.29, 1.82) is 0 Å². The lowest BCUT2D eigenvalue weighted by Gasteiger charge is -2.11. The van der Waals surface area contributed by atoms with Gasteiger partial charge in [0.25, 0.3) is 5.91 Å². The molecule has 2 aromatic rings. The monoisotopic (exact) mass is 373 g/mol. The summed E-state index contributed by atoms with van der Waals surface area (Å²) in [6.07, 6.45) is 0. The second-order valence-corrected chi connectivity index (χ2v) is 5.34. The van der Waals surface area contributed by atoms with E-state index in [0.29, 0.717) is 10.2 Å². The molecule has 0 saturated carbocycles. The quantitative estimate of drug-likeness (QED) is 0.846. The Morgan fingerprint density at radius 1 is 1.38 bits per heavy atom. The van der Waals surface area contributed by atoms with Gasteiger partial charge in [0.1, 0.15) is 17.3 Å². The van der Waals surface area contributed by atoms with E-state index in [2.05, 4.69) is 21.2 Å². The fraction of sp³-hybridized carbons (Fsp3) is 0.0714. The van der Waals surface area contributed by atoms with Gasteiger partial charge in [0, 0.05) is 10.5 Å². The molecule has 0 unspecified atom stereocenters. The zero-order chi connectivity index (χ0) is 15.6. The maximum Gasteiger partial charge on any atom is 0.259 e. The molecule has 0 heterocycles. The zero-order valence-corrected chi connectivity index (χ0v) is 13.1. The molecule has 2 rings (SSSR count). The Hall–Kier alpha value is -1.79. The van der Waals surface area contributed by atoms with E-state index < -0.39 is 11.7 Å². The summed E-state index contributed by atoms with van der Waals surface area (Å²) in [6, 6.07) is 6.52. The van der Waals surface area contributed by atoms with Crippen LogP contribution in [0.15, 0.2) is 34.8 Å². The third-order valence-corrected chi connectivity index (χ3v) is 3.62. The molecule has 0 atom stereocenters. The maximum absolute atomic E-state index is 13.1. The van der Waals surface area contributed by atoms with Gasteiger partial charge in [-0.3, -0.25) is 4.79 Å². The molecule has 0 aliphatic rings. The summed E-state index contributed by atoms with van der Waals surface area (Å²) in [5, 5.41) is 12.4. The lowest BCUT2D eigenvalue weighted by molar-refractivity contribution is 0.102. The second-order valence-electron chi connectivity index (χ2n) is 4.08. The number of nitrogens with one attached hydrogen (secondary N) is 1. The predicted octanol–water partition coefficient (Wildman–Crippen LogP) is 4.21. The highest BCUT2D eigenvalue weighted by Gasteiger charge is 2.16. The number of anilines is 1. The number of phenols is 1. The molecule has 7 heteroatoms. The van der Waals surface area contributed by atoms with Gasteiger partial charge in [-0.1, -0.05) is 11.6 Å². The summed E-state index contributed by atoms with van der Waals surface area (Å²) >= 11 is 9.01. The highest BCUT2D eigenvalue weighted by Crippen LogP contribution is 2.33. The zero-order valence-electron chi connectivity index (χ0n) is 10.8. The van der Waals surface area contributed by atoms with E-state index in [0.717, 1.165) is 6.07 Å². The highest BCUT2D eigenvalue weighted by atomic mass is 79.9. The number of carbonyl (C=O) groups is 1. The van der Waals surface area contributed by atoms with Crippen molar-refractivity contribution in [3.8, 4) is 11.5 Å². The molecule has 2 N–H and O–H groups in total. The Morgan fingerprint density at radius 3 is 2.67 bits per heavy atom. The number of halogens is 3. The number of rotatable bonds is 3. The van der Waals surface area contributed by atoms with E-state index >= 15 is 0 Å². The molecule has 0 saturated heterocycles. The van der Waals surface area contributed by atoms with Crippen LogP contribution in [-0.4, -0.2) is 18.1 Å². The lowest BCUT2D eigenvalue weighted by Crippen LogP contribution is -2.13. The SMILES string of the molecule is COc1ccc(C(=O)Nc2c(Cl)cc(F)cc2Br)c(O)c1. The topological polar surface area (TPSA) is 58.6 Å². The summed E-state index contributed by atoms with van der Waals surface area (Å²) in [7, 11) is 1.45. The Kier molecular flexibility index (Phi) is 4.69. The molecule has 21 heavy (non-hydrogen) atoms. The molecule has 1 amide bonds. The molecule has 0 spiro atoms. The molecular weight excluding hydrogens is 365 g/mol. The van der Waals surface area contributed by atoms with Gasteiger partial charge in [0.15, 0.2) is 0 Å². The van der Waals surface area contributed by atoms with E-state index in [1.165, 1.54) is 31.4 Å². The Bertz CT molecular complexity index is 686. The first-order chi connectivity index (χ1) is 9.92. The predicted molar refractivity (Wildman–Crippen MR) is 81.7 cm³/mol. The van der Waals surface area contributed by atoms with E-state index in [-0.39, 0.29) is 22.0 Å². The summed E-state index contributed by atoms with van der Waals surface area (Å²) in [5.74, 6) is -0.923. The van der Waals surface area contributed by atoms with Gasteiger partial charge in [-0.15, -0.1) is 0 Å². The number of phenolic OH excluding ortho intramolecular Hbond substituents is 1. The standard InChI is InChI=1S/C14H10BrClFNO3/c1-21-8-2-3-9(12(19)6-8)14(20)18-13-10(15)4-7(17)5-11(13)16/h2-6,19H,1H3,(H,18,20). The number of ether oxygens (including phenoxy) is 1. The Morgan fingerprint density at radius 2 is 2.10 bits per heavy atom. The number of hydrogen-bond acceptors (Lipinski definition) is 3.